The second-order valence-electron chi connectivity index (χ2n) is 9.34. The van der Waals surface area contributed by atoms with Crippen LogP contribution in [0.3, 0.4) is 0 Å². The van der Waals surface area contributed by atoms with Crippen LogP contribution in [0, 0.1) is 23.4 Å². The lowest BCUT2D eigenvalue weighted by Gasteiger charge is -2.29. The highest BCUT2D eigenvalue weighted by Crippen LogP contribution is 2.38. The van der Waals surface area contributed by atoms with Gasteiger partial charge in [0.15, 0.2) is 23.1 Å². The molecule has 0 saturated heterocycles. The molecule has 3 aromatic carbocycles. The van der Waals surface area contributed by atoms with Gasteiger partial charge in [0.1, 0.15) is 0 Å². The number of benzene rings is 3. The third-order valence-electron chi connectivity index (χ3n) is 6.90. The van der Waals surface area contributed by atoms with Gasteiger partial charge >= 0.3 is 0 Å². The highest BCUT2D eigenvalue weighted by Gasteiger charge is 2.24. The predicted molar refractivity (Wildman–Crippen MR) is 134 cm³/mol. The van der Waals surface area contributed by atoms with Gasteiger partial charge in [-0.15, -0.1) is 0 Å². The van der Waals surface area contributed by atoms with Gasteiger partial charge in [-0.05, 0) is 91.8 Å². The van der Waals surface area contributed by atoms with E-state index in [1.165, 1.54) is 11.6 Å². The summed E-state index contributed by atoms with van der Waals surface area (Å²) in [5, 5.41) is 0. The minimum Gasteiger partial charge on any atom is -0.491 e. The Morgan fingerprint density at radius 2 is 1.49 bits per heavy atom. The minimum absolute atomic E-state index is 0.0513. The van der Waals surface area contributed by atoms with Crippen LogP contribution in [0.25, 0.3) is 11.1 Å². The van der Waals surface area contributed by atoms with Crippen LogP contribution in [0.5, 0.6) is 11.5 Å². The summed E-state index contributed by atoms with van der Waals surface area (Å²) in [5.41, 5.74) is 3.05. The van der Waals surface area contributed by atoms with Crippen molar-refractivity contribution in [1.29, 1.82) is 0 Å². The fourth-order valence-corrected chi connectivity index (χ4v) is 4.92. The van der Waals surface area contributed by atoms with Crippen LogP contribution < -0.4 is 9.47 Å². The molecular formula is C30H33F3O2. The normalized spacial score (nSPS) is 17.9. The van der Waals surface area contributed by atoms with E-state index in [-0.39, 0.29) is 34.7 Å². The summed E-state index contributed by atoms with van der Waals surface area (Å²) < 4.78 is 54.8. The molecule has 0 aromatic heterocycles. The van der Waals surface area contributed by atoms with Crippen molar-refractivity contribution in [1.82, 2.24) is 0 Å². The molecule has 4 rings (SSSR count). The zero-order valence-electron chi connectivity index (χ0n) is 20.5. The fourth-order valence-electron chi connectivity index (χ4n) is 4.92. The van der Waals surface area contributed by atoms with Crippen LogP contribution in [-0.2, 0) is 6.42 Å². The summed E-state index contributed by atoms with van der Waals surface area (Å²) in [6.07, 6.45) is 5.60. The average molecular weight is 483 g/mol. The standard InChI is InChI=1S/C30H33F3O2/c1-3-5-20-6-12-23(13-7-20)25-15-17-28(30(33)29(25)32)35-19-21-8-10-22(11-9-21)24-14-16-27(34-4-2)26(31)18-24/h6-7,12-18,21-22H,3-5,8-11,19H2,1-2H3. The monoisotopic (exact) mass is 482 g/mol. The van der Waals surface area contributed by atoms with Gasteiger partial charge in [-0.3, -0.25) is 0 Å². The molecule has 0 unspecified atom stereocenters. The maximum atomic E-state index is 14.8. The fraction of sp³-hybridized carbons (Fsp3) is 0.400. The van der Waals surface area contributed by atoms with E-state index in [4.69, 9.17) is 9.47 Å². The van der Waals surface area contributed by atoms with Crippen molar-refractivity contribution in [3.63, 3.8) is 0 Å². The third-order valence-corrected chi connectivity index (χ3v) is 6.90. The van der Waals surface area contributed by atoms with Gasteiger partial charge in [0, 0.05) is 5.56 Å². The molecule has 0 N–H and O–H groups in total. The largest absolute Gasteiger partial charge is 0.491 e. The molecule has 0 spiro atoms. The zero-order chi connectivity index (χ0) is 24.8. The minimum atomic E-state index is -0.946. The molecular weight excluding hydrogens is 449 g/mol. The molecule has 0 amide bonds. The van der Waals surface area contributed by atoms with Crippen molar-refractivity contribution >= 4 is 0 Å². The Balaban J connectivity index is 1.33. The van der Waals surface area contributed by atoms with E-state index < -0.39 is 11.6 Å². The lowest BCUT2D eigenvalue weighted by atomic mass is 9.79. The van der Waals surface area contributed by atoms with E-state index in [9.17, 15) is 13.2 Å². The number of halogens is 3. The van der Waals surface area contributed by atoms with Crippen LogP contribution in [-0.4, -0.2) is 13.2 Å². The molecule has 0 bridgehead atoms. The summed E-state index contributed by atoms with van der Waals surface area (Å²) in [6, 6.07) is 15.9. The van der Waals surface area contributed by atoms with Crippen molar-refractivity contribution in [2.75, 3.05) is 13.2 Å². The van der Waals surface area contributed by atoms with E-state index in [0.29, 0.717) is 18.8 Å². The summed E-state index contributed by atoms with van der Waals surface area (Å²) in [4.78, 5) is 0. The van der Waals surface area contributed by atoms with E-state index in [0.717, 1.165) is 44.1 Å². The van der Waals surface area contributed by atoms with E-state index in [2.05, 4.69) is 6.92 Å². The summed E-state index contributed by atoms with van der Waals surface area (Å²) in [6.45, 7) is 4.71. The Morgan fingerprint density at radius 1 is 0.771 bits per heavy atom. The first-order valence-corrected chi connectivity index (χ1v) is 12.6. The molecule has 5 heteroatoms. The first-order chi connectivity index (χ1) is 17.0. The second-order valence-corrected chi connectivity index (χ2v) is 9.34. The van der Waals surface area contributed by atoms with E-state index in [1.54, 1.807) is 18.2 Å². The van der Waals surface area contributed by atoms with Crippen molar-refractivity contribution in [2.24, 2.45) is 5.92 Å². The predicted octanol–water partition coefficient (Wildman–Crippen LogP) is 8.47. The summed E-state index contributed by atoms with van der Waals surface area (Å²) in [5.74, 6) is -1.38. The highest BCUT2D eigenvalue weighted by atomic mass is 19.2. The third kappa shape index (κ3) is 6.01. The van der Waals surface area contributed by atoms with Crippen LogP contribution in [0.1, 0.15) is 63.0 Å². The number of hydrogen-bond donors (Lipinski definition) is 0. The smallest absolute Gasteiger partial charge is 0.201 e. The Labute approximate surface area is 206 Å². The first-order valence-electron chi connectivity index (χ1n) is 12.6. The molecule has 1 aliphatic carbocycles. The van der Waals surface area contributed by atoms with Gasteiger partial charge in [0.25, 0.3) is 0 Å². The lowest BCUT2D eigenvalue weighted by Crippen LogP contribution is -2.19. The van der Waals surface area contributed by atoms with Crippen LogP contribution in [0.4, 0.5) is 13.2 Å². The molecule has 3 aromatic rings. The number of hydrogen-bond acceptors (Lipinski definition) is 2. The quantitative estimate of drug-likeness (QED) is 0.304. The van der Waals surface area contributed by atoms with Gasteiger partial charge in [0.05, 0.1) is 13.2 Å². The molecule has 1 saturated carbocycles. The van der Waals surface area contributed by atoms with Gasteiger partial charge in [0.2, 0.25) is 5.82 Å². The molecule has 35 heavy (non-hydrogen) atoms. The molecule has 0 atom stereocenters. The molecule has 1 aliphatic rings. The Morgan fingerprint density at radius 3 is 2.14 bits per heavy atom. The van der Waals surface area contributed by atoms with Crippen LogP contribution in [0.15, 0.2) is 54.6 Å². The SMILES string of the molecule is CCCc1ccc(-c2ccc(OCC3CCC(c4ccc(OCC)c(F)c4)CC3)c(F)c2F)cc1. The zero-order valence-corrected chi connectivity index (χ0v) is 20.5. The molecule has 0 heterocycles. The van der Waals surface area contributed by atoms with Crippen LogP contribution >= 0.6 is 0 Å². The molecule has 0 aliphatic heterocycles. The average Bonchev–Trinajstić information content (AvgIpc) is 2.87. The number of ether oxygens (including phenoxy) is 2. The van der Waals surface area contributed by atoms with E-state index >= 15 is 0 Å². The Hall–Kier alpha value is -2.95. The van der Waals surface area contributed by atoms with Crippen molar-refractivity contribution in [3.8, 4) is 22.6 Å². The van der Waals surface area contributed by atoms with Crippen molar-refractivity contribution in [2.45, 2.75) is 58.3 Å². The molecule has 186 valence electrons. The first kappa shape index (κ1) is 25.2. The second kappa shape index (κ2) is 11.7. The lowest BCUT2D eigenvalue weighted by molar-refractivity contribution is 0.192. The Kier molecular flexibility index (Phi) is 8.37. The molecule has 1 fully saturated rings. The number of rotatable bonds is 9. The topological polar surface area (TPSA) is 18.5 Å². The van der Waals surface area contributed by atoms with Gasteiger partial charge in [-0.1, -0.05) is 43.7 Å². The van der Waals surface area contributed by atoms with Crippen molar-refractivity contribution < 1.29 is 22.6 Å². The van der Waals surface area contributed by atoms with Gasteiger partial charge < -0.3 is 9.47 Å². The maximum absolute atomic E-state index is 14.8. The van der Waals surface area contributed by atoms with E-state index in [1.807, 2.05) is 37.3 Å². The Bertz CT molecular complexity index is 1120. The summed E-state index contributed by atoms with van der Waals surface area (Å²) >= 11 is 0. The maximum Gasteiger partial charge on any atom is 0.201 e. The summed E-state index contributed by atoms with van der Waals surface area (Å²) in [7, 11) is 0. The number of aryl methyl sites for hydroxylation is 1. The van der Waals surface area contributed by atoms with Crippen molar-refractivity contribution in [3.05, 3.63) is 83.2 Å². The van der Waals surface area contributed by atoms with Gasteiger partial charge in [-0.2, -0.15) is 4.39 Å². The van der Waals surface area contributed by atoms with Crippen LogP contribution in [0.2, 0.25) is 0 Å². The molecule has 2 nitrogen and oxygen atoms in total. The van der Waals surface area contributed by atoms with Gasteiger partial charge in [-0.25, -0.2) is 8.78 Å². The highest BCUT2D eigenvalue weighted by molar-refractivity contribution is 5.65. The molecule has 0 radical (unpaired) electrons.